The molecule has 84 valence electrons. The third-order valence-corrected chi connectivity index (χ3v) is 2.80. The maximum atomic E-state index is 5.91. The van der Waals surface area contributed by atoms with E-state index in [4.69, 9.17) is 11.5 Å². The highest BCUT2D eigenvalue weighted by Gasteiger charge is 2.04. The van der Waals surface area contributed by atoms with E-state index in [0.29, 0.717) is 11.4 Å². The van der Waals surface area contributed by atoms with E-state index in [1.807, 2.05) is 36.0 Å². The summed E-state index contributed by atoms with van der Waals surface area (Å²) in [5.74, 6) is 0. The fraction of sp³-hybridized carbons (Fsp3) is 0.250. The summed E-state index contributed by atoms with van der Waals surface area (Å²) < 4.78 is 2.02. The van der Waals surface area contributed by atoms with Crippen LogP contribution in [0.25, 0.3) is 0 Å². The topological polar surface area (TPSA) is 69.9 Å². The van der Waals surface area contributed by atoms with Gasteiger partial charge in [-0.3, -0.25) is 0 Å². The second kappa shape index (κ2) is 4.26. The van der Waals surface area contributed by atoms with Crippen LogP contribution in [0, 0.1) is 0 Å². The van der Waals surface area contributed by atoms with Crippen LogP contribution in [0.4, 0.5) is 11.4 Å². The van der Waals surface area contributed by atoms with E-state index in [-0.39, 0.29) is 0 Å². The van der Waals surface area contributed by atoms with Crippen molar-refractivity contribution in [1.29, 1.82) is 0 Å². The second-order valence-corrected chi connectivity index (χ2v) is 3.92. The minimum atomic E-state index is 0.655. The minimum absolute atomic E-state index is 0.655. The summed E-state index contributed by atoms with van der Waals surface area (Å²) >= 11 is 0. The summed E-state index contributed by atoms with van der Waals surface area (Å²) in [6.07, 6.45) is 5.49. The van der Waals surface area contributed by atoms with Crippen molar-refractivity contribution in [3.8, 4) is 0 Å². The Morgan fingerprint density at radius 1 is 1.25 bits per heavy atom. The molecule has 1 heterocycles. The van der Waals surface area contributed by atoms with Crippen molar-refractivity contribution in [2.75, 3.05) is 11.5 Å². The van der Waals surface area contributed by atoms with E-state index in [2.05, 4.69) is 4.98 Å². The van der Waals surface area contributed by atoms with Crippen molar-refractivity contribution < 1.29 is 0 Å². The summed E-state index contributed by atoms with van der Waals surface area (Å²) in [5, 5.41) is 0. The number of aromatic nitrogens is 2. The van der Waals surface area contributed by atoms with Crippen molar-refractivity contribution in [1.82, 2.24) is 9.55 Å². The molecule has 1 aromatic carbocycles. The quantitative estimate of drug-likeness (QED) is 0.761. The Bertz CT molecular complexity index is 488. The molecule has 0 aliphatic carbocycles. The van der Waals surface area contributed by atoms with Gasteiger partial charge in [0.15, 0.2) is 0 Å². The molecule has 16 heavy (non-hydrogen) atoms. The molecule has 2 rings (SSSR count). The first kappa shape index (κ1) is 10.5. The van der Waals surface area contributed by atoms with Crippen molar-refractivity contribution in [3.63, 3.8) is 0 Å². The Labute approximate surface area is 94.9 Å². The molecule has 0 fully saturated rings. The Kier molecular flexibility index (Phi) is 2.81. The van der Waals surface area contributed by atoms with Gasteiger partial charge in [0.2, 0.25) is 0 Å². The van der Waals surface area contributed by atoms with E-state index in [1.165, 1.54) is 5.69 Å². The van der Waals surface area contributed by atoms with Crippen LogP contribution in [0.3, 0.4) is 0 Å². The van der Waals surface area contributed by atoms with Crippen LogP contribution in [0.2, 0.25) is 0 Å². The van der Waals surface area contributed by atoms with Crippen molar-refractivity contribution in [2.24, 2.45) is 7.05 Å². The summed E-state index contributed by atoms with van der Waals surface area (Å²) in [6.45, 7) is 0. The number of hydrogen-bond donors (Lipinski definition) is 2. The Balaban J connectivity index is 2.11. The molecular weight excluding hydrogens is 200 g/mol. The van der Waals surface area contributed by atoms with E-state index < -0.39 is 0 Å². The van der Waals surface area contributed by atoms with Crippen LogP contribution in [0.1, 0.15) is 11.3 Å². The Hall–Kier alpha value is -1.97. The highest BCUT2D eigenvalue weighted by Crippen LogP contribution is 2.20. The van der Waals surface area contributed by atoms with Crippen LogP contribution < -0.4 is 11.5 Å². The average molecular weight is 216 g/mol. The molecule has 0 radical (unpaired) electrons. The summed E-state index contributed by atoms with van der Waals surface area (Å²) in [4.78, 5) is 4.08. The van der Waals surface area contributed by atoms with Gasteiger partial charge in [0, 0.05) is 18.9 Å². The lowest BCUT2D eigenvalue weighted by Crippen LogP contribution is -2.03. The lowest BCUT2D eigenvalue weighted by Gasteiger charge is -2.08. The number of nitrogen functional groups attached to an aromatic ring is 2. The van der Waals surface area contributed by atoms with Gasteiger partial charge in [-0.1, -0.05) is 12.1 Å². The molecule has 0 amide bonds. The summed E-state index contributed by atoms with van der Waals surface area (Å²) in [5.41, 5.74) is 15.3. The highest BCUT2D eigenvalue weighted by molar-refractivity contribution is 5.67. The van der Waals surface area contributed by atoms with Gasteiger partial charge < -0.3 is 16.0 Å². The monoisotopic (exact) mass is 216 g/mol. The lowest BCUT2D eigenvalue weighted by molar-refractivity contribution is 0.799. The summed E-state index contributed by atoms with van der Waals surface area (Å²) in [6, 6.07) is 5.77. The van der Waals surface area contributed by atoms with Gasteiger partial charge in [-0.05, 0) is 24.5 Å². The molecule has 0 spiro atoms. The number of anilines is 2. The van der Waals surface area contributed by atoms with Crippen molar-refractivity contribution in [3.05, 3.63) is 42.0 Å². The molecule has 0 saturated carbocycles. The standard InChI is InChI=1S/C12H16N4/c1-16-8-15-7-10(16)6-5-9-3-2-4-11(13)12(9)14/h2-4,7-8H,5-6,13-14H2,1H3. The number of nitrogens with zero attached hydrogens (tertiary/aromatic N) is 2. The molecule has 2 aromatic rings. The third kappa shape index (κ3) is 2.00. The number of rotatable bonds is 3. The van der Waals surface area contributed by atoms with E-state index in [9.17, 15) is 0 Å². The lowest BCUT2D eigenvalue weighted by atomic mass is 10.1. The van der Waals surface area contributed by atoms with Crippen LogP contribution in [-0.2, 0) is 19.9 Å². The van der Waals surface area contributed by atoms with Crippen molar-refractivity contribution in [2.45, 2.75) is 12.8 Å². The number of para-hydroxylation sites is 1. The highest BCUT2D eigenvalue weighted by atomic mass is 15.0. The first-order valence-electron chi connectivity index (χ1n) is 5.26. The zero-order valence-corrected chi connectivity index (χ0v) is 9.35. The molecule has 0 saturated heterocycles. The molecule has 1 aromatic heterocycles. The second-order valence-electron chi connectivity index (χ2n) is 3.92. The van der Waals surface area contributed by atoms with Crippen LogP contribution in [0.15, 0.2) is 30.7 Å². The van der Waals surface area contributed by atoms with Gasteiger partial charge in [-0.2, -0.15) is 0 Å². The van der Waals surface area contributed by atoms with Crippen molar-refractivity contribution >= 4 is 11.4 Å². The summed E-state index contributed by atoms with van der Waals surface area (Å²) in [7, 11) is 1.99. The average Bonchev–Trinajstić information content (AvgIpc) is 2.67. The van der Waals surface area contributed by atoms with Gasteiger partial charge in [0.05, 0.1) is 17.7 Å². The number of hydrogen-bond acceptors (Lipinski definition) is 3. The van der Waals surface area contributed by atoms with E-state index in [1.54, 1.807) is 6.33 Å². The molecule has 0 atom stereocenters. The SMILES string of the molecule is Cn1cncc1CCc1cccc(N)c1N. The smallest absolute Gasteiger partial charge is 0.0945 e. The third-order valence-electron chi connectivity index (χ3n) is 2.80. The van der Waals surface area contributed by atoms with Gasteiger partial charge in [0.1, 0.15) is 0 Å². The fourth-order valence-electron chi connectivity index (χ4n) is 1.74. The number of benzene rings is 1. The predicted molar refractivity (Wildman–Crippen MR) is 65.9 cm³/mol. The van der Waals surface area contributed by atoms with Gasteiger partial charge in [0.25, 0.3) is 0 Å². The van der Waals surface area contributed by atoms with Gasteiger partial charge in [-0.25, -0.2) is 4.98 Å². The predicted octanol–water partition coefficient (Wildman–Crippen LogP) is 1.37. The number of nitrogens with two attached hydrogens (primary N) is 2. The molecule has 0 unspecified atom stereocenters. The molecule has 4 nitrogen and oxygen atoms in total. The maximum absolute atomic E-state index is 5.91. The largest absolute Gasteiger partial charge is 0.397 e. The van der Waals surface area contributed by atoms with Gasteiger partial charge >= 0.3 is 0 Å². The molecule has 0 aliphatic heterocycles. The normalized spacial score (nSPS) is 10.6. The molecular formula is C12H16N4. The fourth-order valence-corrected chi connectivity index (χ4v) is 1.74. The van der Waals surface area contributed by atoms with Crippen LogP contribution in [-0.4, -0.2) is 9.55 Å². The first-order chi connectivity index (χ1) is 7.68. The van der Waals surface area contributed by atoms with E-state index in [0.717, 1.165) is 18.4 Å². The zero-order valence-electron chi connectivity index (χ0n) is 9.35. The molecule has 0 aliphatic rings. The zero-order chi connectivity index (χ0) is 11.5. The first-order valence-corrected chi connectivity index (χ1v) is 5.26. The van der Waals surface area contributed by atoms with Crippen LogP contribution in [0.5, 0.6) is 0 Å². The van der Waals surface area contributed by atoms with Crippen LogP contribution >= 0.6 is 0 Å². The number of aryl methyl sites for hydroxylation is 3. The molecule has 4 heteroatoms. The maximum Gasteiger partial charge on any atom is 0.0945 e. The minimum Gasteiger partial charge on any atom is -0.397 e. The Morgan fingerprint density at radius 3 is 2.75 bits per heavy atom. The van der Waals surface area contributed by atoms with Gasteiger partial charge in [-0.15, -0.1) is 0 Å². The van der Waals surface area contributed by atoms with E-state index >= 15 is 0 Å². The number of imidazole rings is 1. The molecule has 4 N–H and O–H groups in total. The molecule has 0 bridgehead atoms. The Morgan fingerprint density at radius 2 is 2.06 bits per heavy atom.